The van der Waals surface area contributed by atoms with E-state index in [0.717, 1.165) is 24.2 Å². The summed E-state index contributed by atoms with van der Waals surface area (Å²) < 4.78 is 17.3. The molecule has 1 aromatic carbocycles. The van der Waals surface area contributed by atoms with Crippen LogP contribution < -0.4 is 11.1 Å². The predicted molar refractivity (Wildman–Crippen MR) is 122 cm³/mol. The molecule has 1 amide bonds. The van der Waals surface area contributed by atoms with Gasteiger partial charge in [-0.2, -0.15) is 4.98 Å². The lowest BCUT2D eigenvalue weighted by Gasteiger charge is -2.27. The van der Waals surface area contributed by atoms with Crippen LogP contribution in [0.25, 0.3) is 11.1 Å². The van der Waals surface area contributed by atoms with Crippen molar-refractivity contribution in [2.75, 3.05) is 13.1 Å². The molecule has 1 N–H and O–H groups in total. The first-order chi connectivity index (χ1) is 16.6. The molecular formula is C24H27N5O5. The molecule has 0 spiro atoms. The molecule has 10 heteroatoms. The minimum absolute atomic E-state index is 0.0463. The van der Waals surface area contributed by atoms with Crippen molar-refractivity contribution < 1.29 is 18.2 Å². The summed E-state index contributed by atoms with van der Waals surface area (Å²) in [5.41, 5.74) is 2.12. The van der Waals surface area contributed by atoms with Gasteiger partial charge in [-0.1, -0.05) is 24.1 Å². The number of nitrogens with one attached hydrogen (secondary N) is 1. The van der Waals surface area contributed by atoms with Gasteiger partial charge in [0, 0.05) is 19.1 Å². The number of fused-ring (bicyclic) bond motifs is 1. The molecule has 1 fully saturated rings. The summed E-state index contributed by atoms with van der Waals surface area (Å²) in [5.74, 6) is 0.0487. The standard InChI is InChI=1S/C24H27N5O5/c1-16-8-9-20-19(13-16)29(24(31)33-20)15-21-26-23(34-27-21)22(30)25-10-11-28(17-5-2-3-6-17)14-18-7-4-12-32-18/h4,7-9,12-13,17H,2-3,5-6,10-11,14-15H2,1H3,(H,25,30). The Balaban J connectivity index is 1.20. The molecule has 178 valence electrons. The molecule has 0 aliphatic heterocycles. The van der Waals surface area contributed by atoms with Crippen molar-refractivity contribution in [3.8, 4) is 0 Å². The van der Waals surface area contributed by atoms with Gasteiger partial charge in [0.25, 0.3) is 0 Å². The summed E-state index contributed by atoms with van der Waals surface area (Å²) in [6.07, 6.45) is 6.45. The first kappa shape index (κ1) is 22.1. The van der Waals surface area contributed by atoms with Crippen molar-refractivity contribution in [2.45, 2.75) is 51.7 Å². The van der Waals surface area contributed by atoms with Gasteiger partial charge in [-0.3, -0.25) is 14.3 Å². The number of furan rings is 1. The average molecular weight is 466 g/mol. The highest BCUT2D eigenvalue weighted by Gasteiger charge is 2.24. The largest absolute Gasteiger partial charge is 0.468 e. The Labute approximate surface area is 195 Å². The average Bonchev–Trinajstić information content (AvgIpc) is 3.63. The second-order valence-corrected chi connectivity index (χ2v) is 8.69. The van der Waals surface area contributed by atoms with Crippen LogP contribution in [0.2, 0.25) is 0 Å². The van der Waals surface area contributed by atoms with E-state index < -0.39 is 11.7 Å². The van der Waals surface area contributed by atoms with Crippen LogP contribution in [0, 0.1) is 6.92 Å². The van der Waals surface area contributed by atoms with Crippen molar-refractivity contribution >= 4 is 17.0 Å². The maximum Gasteiger partial charge on any atom is 0.420 e. The smallest absolute Gasteiger partial charge is 0.420 e. The quantitative estimate of drug-likeness (QED) is 0.400. The maximum atomic E-state index is 12.6. The summed E-state index contributed by atoms with van der Waals surface area (Å²) in [5, 5.41) is 6.73. The number of carbonyl (C=O) groups is 1. The Hall–Kier alpha value is -3.66. The Morgan fingerprint density at radius 3 is 2.91 bits per heavy atom. The highest BCUT2D eigenvalue weighted by atomic mass is 16.5. The maximum absolute atomic E-state index is 12.6. The number of hydrogen-bond donors (Lipinski definition) is 1. The van der Waals surface area contributed by atoms with E-state index in [1.54, 1.807) is 12.3 Å². The predicted octanol–water partition coefficient (Wildman–Crippen LogP) is 3.10. The van der Waals surface area contributed by atoms with Crippen LogP contribution in [-0.2, 0) is 13.1 Å². The number of oxazole rings is 1. The number of benzene rings is 1. The Kier molecular flexibility index (Phi) is 6.31. The van der Waals surface area contributed by atoms with Gasteiger partial charge in [-0.25, -0.2) is 4.79 Å². The first-order valence-corrected chi connectivity index (χ1v) is 11.5. The molecule has 3 aromatic heterocycles. The second kappa shape index (κ2) is 9.68. The number of nitrogens with zero attached hydrogens (tertiary/aromatic N) is 4. The molecular weight excluding hydrogens is 438 g/mol. The second-order valence-electron chi connectivity index (χ2n) is 8.69. The van der Waals surface area contributed by atoms with Crippen molar-refractivity contribution in [3.05, 3.63) is 70.2 Å². The van der Waals surface area contributed by atoms with Gasteiger partial charge in [0.15, 0.2) is 11.4 Å². The van der Waals surface area contributed by atoms with Crippen molar-refractivity contribution in [1.82, 2.24) is 24.9 Å². The third-order valence-electron chi connectivity index (χ3n) is 6.25. The van der Waals surface area contributed by atoms with E-state index in [9.17, 15) is 9.59 Å². The zero-order valence-corrected chi connectivity index (χ0v) is 19.0. The molecule has 1 saturated carbocycles. The molecule has 0 radical (unpaired) electrons. The van der Waals surface area contributed by atoms with Crippen LogP contribution in [0.15, 0.2) is 54.7 Å². The number of aromatic nitrogens is 3. The zero-order valence-electron chi connectivity index (χ0n) is 19.0. The van der Waals surface area contributed by atoms with Gasteiger partial charge in [0.05, 0.1) is 24.9 Å². The molecule has 0 saturated heterocycles. The number of carbonyl (C=O) groups excluding carboxylic acids is 1. The van der Waals surface area contributed by atoms with E-state index >= 15 is 0 Å². The van der Waals surface area contributed by atoms with E-state index in [1.165, 1.54) is 17.4 Å². The van der Waals surface area contributed by atoms with Crippen LogP contribution in [0.5, 0.6) is 0 Å². The number of aryl methyl sites for hydroxylation is 1. The first-order valence-electron chi connectivity index (χ1n) is 11.5. The molecule has 4 aromatic rings. The minimum atomic E-state index is -0.514. The monoisotopic (exact) mass is 465 g/mol. The summed E-state index contributed by atoms with van der Waals surface area (Å²) in [4.78, 5) is 31.3. The molecule has 10 nitrogen and oxygen atoms in total. The van der Waals surface area contributed by atoms with Gasteiger partial charge in [-0.05, 0) is 49.6 Å². The SMILES string of the molecule is Cc1ccc2oc(=O)n(Cc3noc(C(=O)NCCN(Cc4ccco4)C4CCCC4)n3)c2c1. The van der Waals surface area contributed by atoms with Crippen molar-refractivity contribution in [1.29, 1.82) is 0 Å². The highest BCUT2D eigenvalue weighted by Crippen LogP contribution is 2.24. The normalized spacial score (nSPS) is 14.4. The Morgan fingerprint density at radius 2 is 2.12 bits per heavy atom. The third-order valence-corrected chi connectivity index (χ3v) is 6.25. The lowest BCUT2D eigenvalue weighted by atomic mass is 10.2. The topological polar surface area (TPSA) is 120 Å². The van der Waals surface area contributed by atoms with Crippen LogP contribution >= 0.6 is 0 Å². The van der Waals surface area contributed by atoms with Gasteiger partial charge >= 0.3 is 17.6 Å². The van der Waals surface area contributed by atoms with Gasteiger partial charge in [-0.15, -0.1) is 0 Å². The van der Waals surface area contributed by atoms with Crippen molar-refractivity contribution in [3.63, 3.8) is 0 Å². The van der Waals surface area contributed by atoms with E-state index in [2.05, 4.69) is 20.4 Å². The molecule has 0 unspecified atom stereocenters. The number of hydrogen-bond acceptors (Lipinski definition) is 8. The lowest BCUT2D eigenvalue weighted by Crippen LogP contribution is -2.39. The number of rotatable bonds is 9. The summed E-state index contributed by atoms with van der Waals surface area (Å²) >= 11 is 0. The minimum Gasteiger partial charge on any atom is -0.468 e. The zero-order chi connectivity index (χ0) is 23.5. The summed E-state index contributed by atoms with van der Waals surface area (Å²) in [6.45, 7) is 3.82. The van der Waals surface area contributed by atoms with Crippen LogP contribution in [0.4, 0.5) is 0 Å². The molecule has 5 rings (SSSR count). The van der Waals surface area contributed by atoms with Gasteiger partial charge in [0.1, 0.15) is 5.76 Å². The van der Waals surface area contributed by atoms with Crippen LogP contribution in [-0.4, -0.2) is 44.6 Å². The third kappa shape index (κ3) is 4.81. The van der Waals surface area contributed by atoms with E-state index in [4.69, 9.17) is 13.4 Å². The van der Waals surface area contributed by atoms with Crippen LogP contribution in [0.1, 0.15) is 53.5 Å². The summed E-state index contributed by atoms with van der Waals surface area (Å²) in [7, 11) is 0. The lowest BCUT2D eigenvalue weighted by molar-refractivity contribution is 0.0897. The molecule has 34 heavy (non-hydrogen) atoms. The fourth-order valence-electron chi connectivity index (χ4n) is 4.53. The van der Waals surface area contributed by atoms with E-state index in [1.807, 2.05) is 31.2 Å². The molecule has 3 heterocycles. The van der Waals surface area contributed by atoms with E-state index in [-0.39, 0.29) is 18.3 Å². The van der Waals surface area contributed by atoms with Crippen molar-refractivity contribution in [2.24, 2.45) is 0 Å². The van der Waals surface area contributed by atoms with E-state index in [0.29, 0.717) is 36.8 Å². The fraction of sp³-hybridized carbons (Fsp3) is 0.417. The number of amides is 1. The van der Waals surface area contributed by atoms with Crippen LogP contribution in [0.3, 0.4) is 0 Å². The summed E-state index contributed by atoms with van der Waals surface area (Å²) in [6, 6.07) is 9.82. The molecule has 1 aliphatic rings. The van der Waals surface area contributed by atoms with Gasteiger partial charge < -0.3 is 18.7 Å². The van der Waals surface area contributed by atoms with Gasteiger partial charge in [0.2, 0.25) is 0 Å². The molecule has 1 aliphatic carbocycles. The molecule has 0 atom stereocenters. The fourth-order valence-corrected chi connectivity index (χ4v) is 4.53. The Morgan fingerprint density at radius 1 is 1.26 bits per heavy atom. The highest BCUT2D eigenvalue weighted by molar-refractivity contribution is 5.89. The Bertz CT molecular complexity index is 1310. The molecule has 0 bridgehead atoms.